The molecule has 0 aliphatic carbocycles. The second-order valence-electron chi connectivity index (χ2n) is 4.11. The lowest BCUT2D eigenvalue weighted by atomic mass is 10.3. The van der Waals surface area contributed by atoms with Crippen LogP contribution in [-0.2, 0) is 11.3 Å². The molecule has 16 heavy (non-hydrogen) atoms. The van der Waals surface area contributed by atoms with Gasteiger partial charge in [-0.1, -0.05) is 11.8 Å². The van der Waals surface area contributed by atoms with Gasteiger partial charge in [-0.3, -0.25) is 0 Å². The van der Waals surface area contributed by atoms with E-state index in [4.69, 9.17) is 4.74 Å². The standard InChI is InChI=1S/C10H16N4OS/c1-3-11-8(7-15-5-1)9-12-10-14(13-9)4-2-6-16-10/h8,11H,1-7H2. The number of hydrogen-bond acceptors (Lipinski definition) is 5. The highest BCUT2D eigenvalue weighted by molar-refractivity contribution is 7.99. The van der Waals surface area contributed by atoms with Gasteiger partial charge in [0.15, 0.2) is 11.0 Å². The number of aromatic nitrogens is 3. The zero-order valence-corrected chi connectivity index (χ0v) is 10.0. The minimum absolute atomic E-state index is 0.168. The fraction of sp³-hybridized carbons (Fsp3) is 0.800. The Kier molecular flexibility index (Phi) is 3.12. The third kappa shape index (κ3) is 2.09. The molecule has 2 aliphatic rings. The molecule has 0 saturated carbocycles. The van der Waals surface area contributed by atoms with Gasteiger partial charge in [-0.25, -0.2) is 9.67 Å². The maximum Gasteiger partial charge on any atom is 0.186 e. The van der Waals surface area contributed by atoms with E-state index < -0.39 is 0 Å². The third-order valence-electron chi connectivity index (χ3n) is 2.85. The number of hydrogen-bond donors (Lipinski definition) is 1. The van der Waals surface area contributed by atoms with Crippen LogP contribution >= 0.6 is 11.8 Å². The molecule has 1 saturated heterocycles. The lowest BCUT2D eigenvalue weighted by Crippen LogP contribution is -2.24. The molecule has 0 radical (unpaired) electrons. The highest BCUT2D eigenvalue weighted by atomic mass is 32.2. The predicted molar refractivity (Wildman–Crippen MR) is 61.5 cm³/mol. The van der Waals surface area contributed by atoms with Crippen molar-refractivity contribution < 1.29 is 4.74 Å². The summed E-state index contributed by atoms with van der Waals surface area (Å²) in [5, 5.41) is 9.06. The van der Waals surface area contributed by atoms with Crippen LogP contribution in [0.4, 0.5) is 0 Å². The summed E-state index contributed by atoms with van der Waals surface area (Å²) in [5.41, 5.74) is 0. The minimum Gasteiger partial charge on any atom is -0.379 e. The van der Waals surface area contributed by atoms with Gasteiger partial charge < -0.3 is 10.1 Å². The molecular formula is C10H16N4OS. The molecular weight excluding hydrogens is 224 g/mol. The molecule has 1 atom stereocenters. The van der Waals surface area contributed by atoms with Crippen molar-refractivity contribution in [2.24, 2.45) is 0 Å². The Morgan fingerprint density at radius 1 is 1.44 bits per heavy atom. The van der Waals surface area contributed by atoms with Crippen LogP contribution in [-0.4, -0.2) is 40.3 Å². The zero-order chi connectivity index (χ0) is 10.8. The van der Waals surface area contributed by atoms with E-state index in [9.17, 15) is 0 Å². The van der Waals surface area contributed by atoms with Crippen LogP contribution < -0.4 is 5.32 Å². The lowest BCUT2D eigenvalue weighted by molar-refractivity contribution is 0.129. The van der Waals surface area contributed by atoms with Crippen LogP contribution in [0, 0.1) is 0 Å². The molecule has 3 rings (SSSR count). The van der Waals surface area contributed by atoms with Crippen LogP contribution in [0.15, 0.2) is 5.16 Å². The number of fused-ring (bicyclic) bond motifs is 1. The molecule has 1 N–H and O–H groups in total. The van der Waals surface area contributed by atoms with Gasteiger partial charge in [0.25, 0.3) is 0 Å². The summed E-state index contributed by atoms with van der Waals surface area (Å²) in [6, 6.07) is 0.168. The Balaban J connectivity index is 1.79. The van der Waals surface area contributed by atoms with E-state index in [1.807, 2.05) is 4.68 Å². The summed E-state index contributed by atoms with van der Waals surface area (Å²) >= 11 is 1.80. The summed E-state index contributed by atoms with van der Waals surface area (Å²) in [7, 11) is 0. The second-order valence-corrected chi connectivity index (χ2v) is 5.17. The number of ether oxygens (including phenoxy) is 1. The molecule has 0 spiro atoms. The monoisotopic (exact) mass is 240 g/mol. The van der Waals surface area contributed by atoms with Crippen LogP contribution in [0.1, 0.15) is 24.7 Å². The van der Waals surface area contributed by atoms with Crippen LogP contribution in [0.5, 0.6) is 0 Å². The van der Waals surface area contributed by atoms with Crippen molar-refractivity contribution >= 4 is 11.8 Å². The van der Waals surface area contributed by atoms with Crippen molar-refractivity contribution in [1.82, 2.24) is 20.1 Å². The summed E-state index contributed by atoms with van der Waals surface area (Å²) in [4.78, 5) is 4.59. The Morgan fingerprint density at radius 2 is 2.44 bits per heavy atom. The number of rotatable bonds is 1. The Labute approximate surface area is 99.0 Å². The average Bonchev–Trinajstić information content (AvgIpc) is 2.56. The lowest BCUT2D eigenvalue weighted by Gasteiger charge is -2.10. The topological polar surface area (TPSA) is 52.0 Å². The number of thioether (sulfide) groups is 1. The Bertz CT molecular complexity index is 336. The molecule has 3 heterocycles. The summed E-state index contributed by atoms with van der Waals surface area (Å²) in [5.74, 6) is 2.05. The zero-order valence-electron chi connectivity index (χ0n) is 9.19. The molecule has 1 aromatic rings. The minimum atomic E-state index is 0.168. The molecule has 1 unspecified atom stereocenters. The Morgan fingerprint density at radius 3 is 3.38 bits per heavy atom. The van der Waals surface area contributed by atoms with Gasteiger partial charge in [0, 0.05) is 18.9 Å². The van der Waals surface area contributed by atoms with Crippen molar-refractivity contribution in [2.45, 2.75) is 30.6 Å². The fourth-order valence-corrected chi connectivity index (χ4v) is 2.89. The maximum atomic E-state index is 5.53. The highest BCUT2D eigenvalue weighted by Gasteiger charge is 2.22. The summed E-state index contributed by atoms with van der Waals surface area (Å²) in [6.45, 7) is 3.52. The van der Waals surface area contributed by atoms with E-state index in [1.54, 1.807) is 11.8 Å². The van der Waals surface area contributed by atoms with E-state index >= 15 is 0 Å². The van der Waals surface area contributed by atoms with Crippen LogP contribution in [0.3, 0.4) is 0 Å². The van der Waals surface area contributed by atoms with Gasteiger partial charge >= 0.3 is 0 Å². The average molecular weight is 240 g/mol. The maximum absolute atomic E-state index is 5.53. The van der Waals surface area contributed by atoms with Gasteiger partial charge in [0.1, 0.15) is 0 Å². The van der Waals surface area contributed by atoms with Crippen LogP contribution in [0.25, 0.3) is 0 Å². The quantitative estimate of drug-likeness (QED) is 0.788. The highest BCUT2D eigenvalue weighted by Crippen LogP contribution is 2.24. The van der Waals surface area contributed by atoms with Gasteiger partial charge in [-0.15, -0.1) is 0 Å². The molecule has 0 amide bonds. The SMILES string of the molecule is C1CNC(c2nc3n(n2)CCCS3)COC1. The van der Waals surface area contributed by atoms with Crippen molar-refractivity contribution in [3.05, 3.63) is 5.82 Å². The van der Waals surface area contributed by atoms with Crippen molar-refractivity contribution in [2.75, 3.05) is 25.5 Å². The van der Waals surface area contributed by atoms with Gasteiger partial charge in [0.05, 0.1) is 12.6 Å². The van der Waals surface area contributed by atoms with Crippen molar-refractivity contribution in [3.63, 3.8) is 0 Å². The normalized spacial score (nSPS) is 26.1. The fourth-order valence-electron chi connectivity index (χ4n) is 2.00. The molecule has 1 aromatic heterocycles. The smallest absolute Gasteiger partial charge is 0.186 e. The molecule has 0 aromatic carbocycles. The first kappa shape index (κ1) is 10.6. The second kappa shape index (κ2) is 4.73. The molecule has 5 nitrogen and oxygen atoms in total. The first-order chi connectivity index (χ1) is 7.93. The van der Waals surface area contributed by atoms with Gasteiger partial charge in [-0.2, -0.15) is 5.10 Å². The third-order valence-corrected chi connectivity index (χ3v) is 3.90. The molecule has 1 fully saturated rings. The van der Waals surface area contributed by atoms with E-state index in [0.717, 1.165) is 42.9 Å². The molecule has 2 aliphatic heterocycles. The Hall–Kier alpha value is -0.590. The largest absolute Gasteiger partial charge is 0.379 e. The summed E-state index contributed by atoms with van der Waals surface area (Å²) in [6.07, 6.45) is 2.26. The van der Waals surface area contributed by atoms with Crippen LogP contribution in [0.2, 0.25) is 0 Å². The first-order valence-electron chi connectivity index (χ1n) is 5.82. The van der Waals surface area contributed by atoms with Gasteiger partial charge in [0.2, 0.25) is 0 Å². The summed E-state index contributed by atoms with van der Waals surface area (Å²) < 4.78 is 7.56. The van der Waals surface area contributed by atoms with Crippen molar-refractivity contribution in [1.29, 1.82) is 0 Å². The van der Waals surface area contributed by atoms with Crippen molar-refractivity contribution in [3.8, 4) is 0 Å². The molecule has 0 bridgehead atoms. The molecule has 88 valence electrons. The molecule has 6 heteroatoms. The van der Waals surface area contributed by atoms with E-state index in [1.165, 1.54) is 6.42 Å². The van der Waals surface area contributed by atoms with E-state index in [2.05, 4.69) is 15.4 Å². The number of nitrogens with one attached hydrogen (secondary N) is 1. The van der Waals surface area contributed by atoms with Gasteiger partial charge in [-0.05, 0) is 19.4 Å². The van der Waals surface area contributed by atoms with E-state index in [0.29, 0.717) is 6.61 Å². The van der Waals surface area contributed by atoms with E-state index in [-0.39, 0.29) is 6.04 Å². The first-order valence-corrected chi connectivity index (χ1v) is 6.81. The number of aryl methyl sites for hydroxylation is 1. The number of nitrogens with zero attached hydrogens (tertiary/aromatic N) is 3. The predicted octanol–water partition coefficient (Wildman–Crippen LogP) is 0.825.